The second-order valence-electron chi connectivity index (χ2n) is 8.19. The lowest BCUT2D eigenvalue weighted by Crippen LogP contribution is -2.52. The van der Waals surface area contributed by atoms with E-state index in [9.17, 15) is 18.9 Å². The van der Waals surface area contributed by atoms with Gasteiger partial charge in [-0.25, -0.2) is 4.79 Å². The van der Waals surface area contributed by atoms with Gasteiger partial charge in [0.2, 0.25) is 6.29 Å². The smallest absolute Gasteiger partial charge is 0.331 e. The summed E-state index contributed by atoms with van der Waals surface area (Å²) in [6.45, 7) is 7.64. The molecule has 0 aliphatic carbocycles. The minimum atomic E-state index is -1.85. The van der Waals surface area contributed by atoms with Crippen LogP contribution in [0.5, 0.6) is 0 Å². The molecule has 3 aliphatic rings. The SMILES string of the molecule is CCOC(=O)[C@@H]1[C@H]2[C@H](OCC)OC(=O)[C@@]2([S@@](=O)c2ccc(C)cc2)[C@H]2SC(CCO)=C(C)N12. The van der Waals surface area contributed by atoms with Crippen molar-refractivity contribution in [3.05, 3.63) is 40.4 Å². The third-order valence-electron chi connectivity index (χ3n) is 6.37. The number of aliphatic hydroxyl groups excluding tert-OH is 1. The molecule has 2 saturated heterocycles. The molecule has 3 heterocycles. The first kappa shape index (κ1) is 24.3. The molecule has 1 aromatic rings. The van der Waals surface area contributed by atoms with Crippen LogP contribution >= 0.6 is 11.8 Å². The first-order valence-corrected chi connectivity index (χ1v) is 13.1. The fraction of sp³-hybridized carbons (Fsp3) is 0.565. The molecule has 33 heavy (non-hydrogen) atoms. The second-order valence-corrected chi connectivity index (χ2v) is 11.0. The van der Waals surface area contributed by atoms with Gasteiger partial charge in [-0.3, -0.25) is 9.00 Å². The van der Waals surface area contributed by atoms with Crippen LogP contribution in [0.25, 0.3) is 0 Å². The van der Waals surface area contributed by atoms with Gasteiger partial charge >= 0.3 is 11.9 Å². The van der Waals surface area contributed by atoms with E-state index in [0.717, 1.165) is 16.2 Å². The van der Waals surface area contributed by atoms with Gasteiger partial charge < -0.3 is 24.2 Å². The number of aliphatic hydroxyl groups is 1. The molecule has 6 atom stereocenters. The number of hydrogen-bond donors (Lipinski definition) is 1. The van der Waals surface area contributed by atoms with Gasteiger partial charge in [0, 0.05) is 35.1 Å². The Labute approximate surface area is 200 Å². The van der Waals surface area contributed by atoms with Crippen molar-refractivity contribution >= 4 is 34.5 Å². The molecule has 0 spiro atoms. The van der Waals surface area contributed by atoms with Gasteiger partial charge in [0.25, 0.3) is 0 Å². The van der Waals surface area contributed by atoms with Crippen molar-refractivity contribution < 1.29 is 33.1 Å². The molecular weight excluding hydrogens is 466 g/mol. The predicted octanol–water partition coefficient (Wildman–Crippen LogP) is 2.31. The molecule has 0 aromatic heterocycles. The number of cyclic esters (lactones) is 1. The molecule has 3 aliphatic heterocycles. The van der Waals surface area contributed by atoms with Gasteiger partial charge in [-0.1, -0.05) is 17.7 Å². The van der Waals surface area contributed by atoms with E-state index < -0.39 is 51.1 Å². The fourth-order valence-electron chi connectivity index (χ4n) is 4.96. The van der Waals surface area contributed by atoms with Crippen LogP contribution in [0.3, 0.4) is 0 Å². The van der Waals surface area contributed by atoms with E-state index in [0.29, 0.717) is 11.3 Å². The Hall–Kier alpha value is -1.88. The summed E-state index contributed by atoms with van der Waals surface area (Å²) in [4.78, 5) is 30.1. The van der Waals surface area contributed by atoms with Gasteiger partial charge in [-0.05, 0) is 39.8 Å². The Morgan fingerprint density at radius 3 is 2.55 bits per heavy atom. The first-order chi connectivity index (χ1) is 15.8. The van der Waals surface area contributed by atoms with E-state index in [4.69, 9.17) is 14.2 Å². The maximum atomic E-state index is 14.3. The number of aryl methyl sites for hydroxylation is 1. The number of esters is 2. The van der Waals surface area contributed by atoms with E-state index in [1.165, 1.54) is 11.8 Å². The van der Waals surface area contributed by atoms with Crippen molar-refractivity contribution in [2.75, 3.05) is 19.8 Å². The van der Waals surface area contributed by atoms with Crippen LogP contribution in [0.2, 0.25) is 0 Å². The minimum Gasteiger partial charge on any atom is -0.464 e. The van der Waals surface area contributed by atoms with E-state index in [1.807, 2.05) is 30.9 Å². The van der Waals surface area contributed by atoms with Crippen molar-refractivity contribution in [3.8, 4) is 0 Å². The average molecular weight is 496 g/mol. The highest BCUT2D eigenvalue weighted by Crippen LogP contribution is 2.61. The maximum Gasteiger partial charge on any atom is 0.331 e. The number of thioether (sulfide) groups is 1. The molecule has 0 radical (unpaired) electrons. The number of rotatable bonds is 8. The Morgan fingerprint density at radius 2 is 1.94 bits per heavy atom. The van der Waals surface area contributed by atoms with Crippen molar-refractivity contribution in [1.82, 2.24) is 4.90 Å². The number of ether oxygens (including phenoxy) is 3. The van der Waals surface area contributed by atoms with E-state index >= 15 is 0 Å². The molecule has 10 heteroatoms. The summed E-state index contributed by atoms with van der Waals surface area (Å²) < 4.78 is 29.6. The molecule has 0 bridgehead atoms. The molecule has 0 saturated carbocycles. The van der Waals surface area contributed by atoms with Crippen LogP contribution in [0, 0.1) is 12.8 Å². The number of benzene rings is 1. The fourth-order valence-corrected chi connectivity index (χ4v) is 8.70. The van der Waals surface area contributed by atoms with E-state index in [2.05, 4.69) is 0 Å². The standard InChI is InChI=1S/C23H29NO7S2/c1-5-29-19(26)18-17-20(30-6-2)31-22(27)23(17,33(28)15-9-7-13(3)8-10-15)21-24(18)14(4)16(32-21)11-12-25/h7-10,17-18,20-21,25H,5-6,11-12H2,1-4H3/t17-,18-,20+,21+,23-,33-/m0/s1. The minimum absolute atomic E-state index is 0.0756. The Bertz CT molecular complexity index is 995. The zero-order chi connectivity index (χ0) is 23.9. The first-order valence-electron chi connectivity index (χ1n) is 11.1. The number of carbonyl (C=O) groups excluding carboxylic acids is 2. The predicted molar refractivity (Wildman–Crippen MR) is 123 cm³/mol. The van der Waals surface area contributed by atoms with Crippen LogP contribution in [0.15, 0.2) is 39.8 Å². The van der Waals surface area contributed by atoms with Gasteiger partial charge in [-0.15, -0.1) is 11.8 Å². The number of allylic oxidation sites excluding steroid dienone is 1. The normalized spacial score (nSPS) is 31.4. The van der Waals surface area contributed by atoms with Gasteiger partial charge in [-0.2, -0.15) is 0 Å². The summed E-state index contributed by atoms with van der Waals surface area (Å²) in [5.74, 6) is -1.98. The van der Waals surface area contributed by atoms with Crippen molar-refractivity contribution in [2.45, 2.75) is 61.5 Å². The van der Waals surface area contributed by atoms with Crippen molar-refractivity contribution in [3.63, 3.8) is 0 Å². The number of carbonyl (C=O) groups is 2. The molecule has 0 unspecified atom stereocenters. The van der Waals surface area contributed by atoms with Crippen molar-refractivity contribution in [2.24, 2.45) is 5.92 Å². The lowest BCUT2D eigenvalue weighted by Gasteiger charge is -2.30. The summed E-state index contributed by atoms with van der Waals surface area (Å²) in [6.07, 6.45) is -0.646. The molecule has 180 valence electrons. The molecule has 1 N–H and O–H groups in total. The number of nitrogens with zero attached hydrogens (tertiary/aromatic N) is 1. The third kappa shape index (κ3) is 3.62. The highest BCUT2D eigenvalue weighted by molar-refractivity contribution is 8.05. The van der Waals surface area contributed by atoms with Crippen LogP contribution in [0.1, 0.15) is 32.8 Å². The Balaban J connectivity index is 1.91. The molecule has 1 aromatic carbocycles. The number of hydrogen-bond acceptors (Lipinski definition) is 9. The highest BCUT2D eigenvalue weighted by Gasteiger charge is 2.78. The molecule has 2 fully saturated rings. The Kier molecular flexibility index (Phi) is 6.91. The monoisotopic (exact) mass is 495 g/mol. The molecule has 4 rings (SSSR count). The van der Waals surface area contributed by atoms with Gasteiger partial charge in [0.1, 0.15) is 11.4 Å². The average Bonchev–Trinajstić information content (AvgIpc) is 3.36. The zero-order valence-corrected chi connectivity index (χ0v) is 20.7. The molecule has 0 amide bonds. The lowest BCUT2D eigenvalue weighted by atomic mass is 9.91. The summed E-state index contributed by atoms with van der Waals surface area (Å²) >= 11 is 1.37. The van der Waals surface area contributed by atoms with Crippen LogP contribution in [-0.2, 0) is 34.6 Å². The van der Waals surface area contributed by atoms with Gasteiger partial charge in [0.15, 0.2) is 4.75 Å². The highest BCUT2D eigenvalue weighted by atomic mass is 32.2. The summed E-state index contributed by atoms with van der Waals surface area (Å²) in [5.41, 5.74) is 1.77. The lowest BCUT2D eigenvalue weighted by molar-refractivity contribution is -0.175. The largest absolute Gasteiger partial charge is 0.464 e. The van der Waals surface area contributed by atoms with Crippen LogP contribution in [0.4, 0.5) is 0 Å². The second kappa shape index (κ2) is 9.40. The Morgan fingerprint density at radius 1 is 1.24 bits per heavy atom. The van der Waals surface area contributed by atoms with Crippen LogP contribution < -0.4 is 0 Å². The summed E-state index contributed by atoms with van der Waals surface area (Å²) in [7, 11) is -1.85. The van der Waals surface area contributed by atoms with E-state index in [1.54, 1.807) is 26.0 Å². The quantitative estimate of drug-likeness (QED) is 0.544. The van der Waals surface area contributed by atoms with Gasteiger partial charge in [0.05, 0.1) is 23.3 Å². The van der Waals surface area contributed by atoms with Crippen molar-refractivity contribution in [1.29, 1.82) is 0 Å². The van der Waals surface area contributed by atoms with E-state index in [-0.39, 0.29) is 19.8 Å². The molecular formula is C23H29NO7S2. The summed E-state index contributed by atoms with van der Waals surface area (Å²) in [6, 6.07) is 6.27. The zero-order valence-electron chi connectivity index (χ0n) is 19.1. The van der Waals surface area contributed by atoms with Crippen LogP contribution in [-0.4, -0.2) is 68.4 Å². The molecule has 8 nitrogen and oxygen atoms in total. The topological polar surface area (TPSA) is 102 Å². The third-order valence-corrected chi connectivity index (χ3v) is 10.1. The summed E-state index contributed by atoms with van der Waals surface area (Å²) in [5, 5.41) is 8.91. The number of fused-ring (bicyclic) bond motifs is 3. The maximum absolute atomic E-state index is 14.3.